The summed E-state index contributed by atoms with van der Waals surface area (Å²) in [5.41, 5.74) is 0.719. The van der Waals surface area contributed by atoms with Gasteiger partial charge in [0.25, 0.3) is 10.2 Å². The third kappa shape index (κ3) is 3.97. The van der Waals surface area contributed by atoms with E-state index in [2.05, 4.69) is 9.44 Å². The number of carboxylic acids is 1. The largest absolute Gasteiger partial charge is 0.477 e. The Bertz CT molecular complexity index is 534. The zero-order chi connectivity index (χ0) is 13.9. The van der Waals surface area contributed by atoms with Gasteiger partial charge in [-0.2, -0.15) is 13.1 Å². The number of hydrogen-bond donors (Lipinski definition) is 3. The predicted octanol–water partition coefficient (Wildman–Crippen LogP) is 1.66. The van der Waals surface area contributed by atoms with Crippen molar-refractivity contribution in [2.75, 3.05) is 11.3 Å². The van der Waals surface area contributed by atoms with E-state index in [1.807, 2.05) is 13.8 Å². The van der Waals surface area contributed by atoms with Crippen LogP contribution in [-0.4, -0.2) is 26.0 Å². The van der Waals surface area contributed by atoms with Crippen molar-refractivity contribution in [1.82, 2.24) is 4.72 Å². The Hall–Kier alpha value is -1.12. The second-order valence-electron chi connectivity index (χ2n) is 4.28. The minimum atomic E-state index is -3.73. The Morgan fingerprint density at radius 2 is 2.11 bits per heavy atom. The highest BCUT2D eigenvalue weighted by Crippen LogP contribution is 2.28. The molecule has 0 aromatic carbocycles. The first-order valence-electron chi connectivity index (χ1n) is 5.31. The van der Waals surface area contributed by atoms with E-state index >= 15 is 0 Å². The maximum absolute atomic E-state index is 11.7. The van der Waals surface area contributed by atoms with E-state index in [9.17, 15) is 13.2 Å². The molecule has 8 heteroatoms. The highest BCUT2D eigenvalue weighted by molar-refractivity contribution is 7.90. The Morgan fingerprint density at radius 3 is 2.61 bits per heavy atom. The number of nitrogens with one attached hydrogen (secondary N) is 2. The Labute approximate surface area is 110 Å². The highest BCUT2D eigenvalue weighted by Gasteiger charge is 2.20. The van der Waals surface area contributed by atoms with E-state index < -0.39 is 16.2 Å². The lowest BCUT2D eigenvalue weighted by Crippen LogP contribution is -2.33. The Kier molecular flexibility index (Phi) is 4.71. The van der Waals surface area contributed by atoms with Gasteiger partial charge in [0.15, 0.2) is 0 Å². The van der Waals surface area contributed by atoms with Crippen LogP contribution in [-0.2, 0) is 10.2 Å². The summed E-state index contributed by atoms with van der Waals surface area (Å²) in [6.45, 7) is 5.70. The number of thiophene rings is 1. The molecule has 0 bridgehead atoms. The van der Waals surface area contributed by atoms with Crippen LogP contribution in [0.2, 0.25) is 0 Å². The molecule has 0 saturated heterocycles. The van der Waals surface area contributed by atoms with Gasteiger partial charge < -0.3 is 5.11 Å². The second-order valence-corrected chi connectivity index (χ2v) is 6.66. The molecule has 6 nitrogen and oxygen atoms in total. The molecule has 0 spiro atoms. The molecule has 18 heavy (non-hydrogen) atoms. The lowest BCUT2D eigenvalue weighted by atomic mass is 10.2. The zero-order valence-electron chi connectivity index (χ0n) is 10.4. The Balaban J connectivity index is 2.90. The fraction of sp³-hybridized carbons (Fsp3) is 0.500. The monoisotopic (exact) mass is 292 g/mol. The molecule has 1 heterocycles. The number of carbonyl (C=O) groups is 1. The molecule has 0 saturated carbocycles. The first kappa shape index (κ1) is 14.9. The maximum atomic E-state index is 11.7. The van der Waals surface area contributed by atoms with E-state index in [0.717, 1.165) is 11.3 Å². The van der Waals surface area contributed by atoms with E-state index in [1.165, 1.54) is 0 Å². The summed E-state index contributed by atoms with van der Waals surface area (Å²) in [6.07, 6.45) is 0. The average molecular weight is 292 g/mol. The van der Waals surface area contributed by atoms with Crippen LogP contribution in [0.25, 0.3) is 0 Å². The molecule has 1 aromatic rings. The number of hydrogen-bond acceptors (Lipinski definition) is 4. The van der Waals surface area contributed by atoms with Crippen molar-refractivity contribution in [3.05, 3.63) is 15.8 Å². The fourth-order valence-electron chi connectivity index (χ4n) is 1.18. The van der Waals surface area contributed by atoms with Gasteiger partial charge in [0.05, 0.1) is 5.69 Å². The SMILES string of the molecule is Cc1csc(C(=O)O)c1NS(=O)(=O)NCC(C)C. The van der Waals surface area contributed by atoms with E-state index in [0.29, 0.717) is 12.1 Å². The van der Waals surface area contributed by atoms with E-state index in [1.54, 1.807) is 12.3 Å². The fourth-order valence-corrected chi connectivity index (χ4v) is 3.24. The summed E-state index contributed by atoms with van der Waals surface area (Å²) in [5, 5.41) is 10.6. The zero-order valence-corrected chi connectivity index (χ0v) is 12.0. The second kappa shape index (κ2) is 5.68. The molecular weight excluding hydrogens is 276 g/mol. The van der Waals surface area contributed by atoms with Crippen LogP contribution >= 0.6 is 11.3 Å². The van der Waals surface area contributed by atoms with Crippen molar-refractivity contribution in [3.8, 4) is 0 Å². The first-order chi connectivity index (χ1) is 8.23. The summed E-state index contributed by atoms with van der Waals surface area (Å²) < 4.78 is 28.1. The molecular formula is C10H16N2O4S2. The van der Waals surface area contributed by atoms with Crippen molar-refractivity contribution in [1.29, 1.82) is 0 Å². The van der Waals surface area contributed by atoms with Crippen LogP contribution in [0.4, 0.5) is 5.69 Å². The lowest BCUT2D eigenvalue weighted by Gasteiger charge is -2.11. The molecule has 0 aliphatic heterocycles. The molecule has 0 radical (unpaired) electrons. The normalized spacial score (nSPS) is 11.8. The van der Waals surface area contributed by atoms with Gasteiger partial charge in [-0.15, -0.1) is 11.3 Å². The van der Waals surface area contributed by atoms with Gasteiger partial charge in [0.2, 0.25) is 0 Å². The molecule has 1 aromatic heterocycles. The van der Waals surface area contributed by atoms with Crippen molar-refractivity contribution >= 4 is 33.2 Å². The number of aryl methyl sites for hydroxylation is 1. The van der Waals surface area contributed by atoms with Gasteiger partial charge in [0, 0.05) is 6.54 Å². The molecule has 0 aliphatic rings. The third-order valence-electron chi connectivity index (χ3n) is 2.09. The van der Waals surface area contributed by atoms with Crippen LogP contribution < -0.4 is 9.44 Å². The summed E-state index contributed by atoms with van der Waals surface area (Å²) in [5.74, 6) is -0.973. The van der Waals surface area contributed by atoms with Gasteiger partial charge in [-0.3, -0.25) is 4.72 Å². The van der Waals surface area contributed by atoms with Gasteiger partial charge in [0.1, 0.15) is 4.88 Å². The molecule has 0 amide bonds. The van der Waals surface area contributed by atoms with Gasteiger partial charge >= 0.3 is 5.97 Å². The van der Waals surface area contributed by atoms with Crippen molar-refractivity contribution < 1.29 is 18.3 Å². The summed E-state index contributed by atoms with van der Waals surface area (Å²) in [7, 11) is -3.73. The van der Waals surface area contributed by atoms with Gasteiger partial charge in [-0.05, 0) is 23.8 Å². The van der Waals surface area contributed by atoms with Gasteiger partial charge in [-0.25, -0.2) is 4.79 Å². The Morgan fingerprint density at radius 1 is 1.50 bits per heavy atom. The van der Waals surface area contributed by atoms with Gasteiger partial charge in [-0.1, -0.05) is 13.8 Å². The summed E-state index contributed by atoms with van der Waals surface area (Å²) in [6, 6.07) is 0. The van der Waals surface area contributed by atoms with E-state index in [4.69, 9.17) is 5.11 Å². The number of rotatable bonds is 6. The predicted molar refractivity (Wildman–Crippen MR) is 71.4 cm³/mol. The van der Waals surface area contributed by atoms with Crippen LogP contribution in [0.5, 0.6) is 0 Å². The summed E-state index contributed by atoms with van der Waals surface area (Å²) in [4.78, 5) is 10.9. The minimum absolute atomic E-state index is 0.0116. The third-order valence-corrected chi connectivity index (χ3v) is 4.19. The molecule has 0 fully saturated rings. The smallest absolute Gasteiger partial charge is 0.348 e. The number of anilines is 1. The maximum Gasteiger partial charge on any atom is 0.348 e. The number of carboxylic acid groups (broad SMARTS) is 1. The molecule has 0 unspecified atom stereocenters. The van der Waals surface area contributed by atoms with Crippen LogP contribution in [0.15, 0.2) is 5.38 Å². The molecule has 3 N–H and O–H groups in total. The van der Waals surface area contributed by atoms with Crippen molar-refractivity contribution in [3.63, 3.8) is 0 Å². The minimum Gasteiger partial charge on any atom is -0.477 e. The molecule has 0 aliphatic carbocycles. The quantitative estimate of drug-likeness (QED) is 0.743. The van der Waals surface area contributed by atoms with Crippen LogP contribution in [0.3, 0.4) is 0 Å². The molecule has 0 atom stereocenters. The molecule has 1 rings (SSSR count). The van der Waals surface area contributed by atoms with Crippen molar-refractivity contribution in [2.24, 2.45) is 5.92 Å². The number of aromatic carboxylic acids is 1. The van der Waals surface area contributed by atoms with Crippen molar-refractivity contribution in [2.45, 2.75) is 20.8 Å². The highest BCUT2D eigenvalue weighted by atomic mass is 32.2. The lowest BCUT2D eigenvalue weighted by molar-refractivity contribution is 0.0703. The standard InChI is InChI=1S/C10H16N2O4S2/c1-6(2)4-11-18(15,16)12-8-7(3)5-17-9(8)10(13)14/h5-6,11-12H,4H2,1-3H3,(H,13,14). The first-order valence-corrected chi connectivity index (χ1v) is 7.68. The molecule has 102 valence electrons. The van der Waals surface area contributed by atoms with E-state index in [-0.39, 0.29) is 16.5 Å². The topological polar surface area (TPSA) is 95.5 Å². The summed E-state index contributed by atoms with van der Waals surface area (Å²) >= 11 is 0.995. The van der Waals surface area contributed by atoms with Crippen LogP contribution in [0.1, 0.15) is 29.1 Å². The average Bonchev–Trinajstić information content (AvgIpc) is 2.57. The van der Waals surface area contributed by atoms with Crippen LogP contribution in [0, 0.1) is 12.8 Å².